The molecule has 104 valence electrons. The Kier molecular flexibility index (Phi) is 3.60. The van der Waals surface area contributed by atoms with E-state index in [1.807, 2.05) is 6.92 Å². The monoisotopic (exact) mass is 290 g/mol. The first-order valence-electron chi connectivity index (χ1n) is 6.36. The van der Waals surface area contributed by atoms with Gasteiger partial charge in [-0.25, -0.2) is 15.0 Å². The first-order chi connectivity index (χ1) is 9.72. The van der Waals surface area contributed by atoms with Crippen molar-refractivity contribution in [3.63, 3.8) is 0 Å². The summed E-state index contributed by atoms with van der Waals surface area (Å²) in [6.45, 7) is 3.15. The fraction of sp³-hybridized carbons (Fsp3) is 0.385. The maximum Gasteiger partial charge on any atom is 0.273 e. The van der Waals surface area contributed by atoms with Crippen LogP contribution in [0.15, 0.2) is 24.0 Å². The highest BCUT2D eigenvalue weighted by Crippen LogP contribution is 2.18. The van der Waals surface area contributed by atoms with Crippen molar-refractivity contribution in [1.82, 2.24) is 19.9 Å². The zero-order valence-electron chi connectivity index (χ0n) is 11.0. The zero-order chi connectivity index (χ0) is 13.9. The molecule has 1 amide bonds. The third kappa shape index (κ3) is 2.77. The molecule has 1 saturated heterocycles. The van der Waals surface area contributed by atoms with Crippen molar-refractivity contribution in [2.75, 3.05) is 13.1 Å². The van der Waals surface area contributed by atoms with E-state index < -0.39 is 0 Å². The van der Waals surface area contributed by atoms with Crippen LogP contribution in [0.5, 0.6) is 5.88 Å². The lowest BCUT2D eigenvalue weighted by Crippen LogP contribution is -2.31. The second-order valence-corrected chi connectivity index (χ2v) is 5.64. The van der Waals surface area contributed by atoms with Gasteiger partial charge in [0.2, 0.25) is 5.88 Å². The predicted molar refractivity (Wildman–Crippen MR) is 73.8 cm³/mol. The van der Waals surface area contributed by atoms with Crippen molar-refractivity contribution in [2.24, 2.45) is 0 Å². The highest BCUT2D eigenvalue weighted by molar-refractivity contribution is 7.09. The largest absolute Gasteiger partial charge is 0.472 e. The van der Waals surface area contributed by atoms with Crippen LogP contribution in [-0.4, -0.2) is 45.0 Å². The van der Waals surface area contributed by atoms with E-state index in [2.05, 4.69) is 15.0 Å². The summed E-state index contributed by atoms with van der Waals surface area (Å²) >= 11 is 1.49. The Labute approximate surface area is 120 Å². The lowest BCUT2D eigenvalue weighted by atomic mass is 10.3. The molecule has 7 heteroatoms. The Hall–Kier alpha value is -2.02. The van der Waals surface area contributed by atoms with Gasteiger partial charge in [0, 0.05) is 30.6 Å². The molecule has 2 aromatic rings. The van der Waals surface area contributed by atoms with Gasteiger partial charge in [-0.15, -0.1) is 11.3 Å². The molecular weight excluding hydrogens is 276 g/mol. The molecule has 1 atom stereocenters. The summed E-state index contributed by atoms with van der Waals surface area (Å²) in [5.41, 5.74) is 0.523. The van der Waals surface area contributed by atoms with Gasteiger partial charge in [0.25, 0.3) is 5.91 Å². The topological polar surface area (TPSA) is 68.2 Å². The van der Waals surface area contributed by atoms with Crippen LogP contribution in [-0.2, 0) is 0 Å². The number of likely N-dealkylation sites (tertiary alicyclic amines) is 1. The second-order valence-electron chi connectivity index (χ2n) is 4.58. The summed E-state index contributed by atoms with van der Waals surface area (Å²) in [5.74, 6) is 0.520. The Morgan fingerprint density at radius 2 is 2.45 bits per heavy atom. The number of aromatic nitrogens is 3. The fourth-order valence-corrected chi connectivity index (χ4v) is 2.74. The summed E-state index contributed by atoms with van der Waals surface area (Å²) in [6.07, 6.45) is 3.87. The molecule has 0 N–H and O–H groups in total. The van der Waals surface area contributed by atoms with Crippen LogP contribution in [0.1, 0.15) is 21.9 Å². The first kappa shape index (κ1) is 13.0. The summed E-state index contributed by atoms with van der Waals surface area (Å²) < 4.78 is 5.73. The number of hydrogen-bond donors (Lipinski definition) is 0. The number of ether oxygens (including phenoxy) is 1. The summed E-state index contributed by atoms with van der Waals surface area (Å²) in [4.78, 5) is 26.1. The molecule has 3 rings (SSSR count). The van der Waals surface area contributed by atoms with Crippen molar-refractivity contribution in [3.8, 4) is 5.88 Å². The highest BCUT2D eigenvalue weighted by atomic mass is 32.1. The number of thiazole rings is 1. The van der Waals surface area contributed by atoms with Crippen molar-refractivity contribution in [3.05, 3.63) is 34.7 Å². The second kappa shape index (κ2) is 5.54. The standard InChI is InChI=1S/C13H14N4O2S/c1-9-16-11(7-20-9)13(18)17-5-3-10(6-17)19-12-2-4-14-8-15-12/h2,4,7-8,10H,3,5-6H2,1H3/t10-/m1/s1. The van der Waals surface area contributed by atoms with Crippen molar-refractivity contribution in [2.45, 2.75) is 19.4 Å². The Morgan fingerprint density at radius 3 is 3.15 bits per heavy atom. The average molecular weight is 290 g/mol. The molecule has 6 nitrogen and oxygen atoms in total. The van der Waals surface area contributed by atoms with E-state index in [1.165, 1.54) is 17.7 Å². The molecule has 0 aromatic carbocycles. The van der Waals surface area contributed by atoms with Crippen LogP contribution >= 0.6 is 11.3 Å². The number of amides is 1. The SMILES string of the molecule is Cc1nc(C(=O)N2CC[C@@H](Oc3ccncn3)C2)cs1. The number of hydrogen-bond acceptors (Lipinski definition) is 6. The Morgan fingerprint density at radius 1 is 1.55 bits per heavy atom. The minimum absolute atomic E-state index is 0.0198. The van der Waals surface area contributed by atoms with Crippen molar-refractivity contribution in [1.29, 1.82) is 0 Å². The van der Waals surface area contributed by atoms with E-state index >= 15 is 0 Å². The smallest absolute Gasteiger partial charge is 0.273 e. The summed E-state index contributed by atoms with van der Waals surface area (Å²) in [5, 5.41) is 2.71. The van der Waals surface area contributed by atoms with E-state index in [0.717, 1.165) is 11.4 Å². The average Bonchev–Trinajstić information content (AvgIpc) is 3.08. The molecule has 1 fully saturated rings. The Bertz CT molecular complexity index is 601. The lowest BCUT2D eigenvalue weighted by Gasteiger charge is -2.15. The molecule has 2 aromatic heterocycles. The maximum absolute atomic E-state index is 12.2. The minimum atomic E-state index is -0.0249. The summed E-state index contributed by atoms with van der Waals surface area (Å²) in [7, 11) is 0. The van der Waals surface area contributed by atoms with Gasteiger partial charge < -0.3 is 9.64 Å². The van der Waals surface area contributed by atoms with Gasteiger partial charge in [0.05, 0.1) is 11.6 Å². The van der Waals surface area contributed by atoms with E-state index in [9.17, 15) is 4.79 Å². The van der Waals surface area contributed by atoms with E-state index in [-0.39, 0.29) is 12.0 Å². The van der Waals surface area contributed by atoms with Gasteiger partial charge >= 0.3 is 0 Å². The molecule has 0 saturated carbocycles. The zero-order valence-corrected chi connectivity index (χ0v) is 11.8. The van der Waals surface area contributed by atoms with Gasteiger partial charge in [-0.2, -0.15) is 0 Å². The highest BCUT2D eigenvalue weighted by Gasteiger charge is 2.29. The fourth-order valence-electron chi connectivity index (χ4n) is 2.15. The van der Waals surface area contributed by atoms with Crippen LogP contribution in [0.4, 0.5) is 0 Å². The molecule has 20 heavy (non-hydrogen) atoms. The molecule has 0 radical (unpaired) electrons. The molecule has 0 spiro atoms. The van der Waals surface area contributed by atoms with Crippen LogP contribution in [0.3, 0.4) is 0 Å². The molecule has 0 unspecified atom stereocenters. The molecule has 3 heterocycles. The molecule has 0 aliphatic carbocycles. The van der Waals surface area contributed by atoms with Crippen molar-refractivity contribution < 1.29 is 9.53 Å². The van der Waals surface area contributed by atoms with Crippen LogP contribution in [0.25, 0.3) is 0 Å². The number of carbonyl (C=O) groups is 1. The van der Waals surface area contributed by atoms with E-state index in [1.54, 1.807) is 22.5 Å². The van der Waals surface area contributed by atoms with Gasteiger partial charge in [0.15, 0.2) is 0 Å². The number of aryl methyl sites for hydroxylation is 1. The Balaban J connectivity index is 1.61. The number of carbonyl (C=O) groups excluding carboxylic acids is 1. The number of rotatable bonds is 3. The van der Waals surface area contributed by atoms with Crippen LogP contribution in [0, 0.1) is 6.92 Å². The van der Waals surface area contributed by atoms with E-state index in [4.69, 9.17) is 4.74 Å². The summed E-state index contributed by atoms with van der Waals surface area (Å²) in [6, 6.07) is 1.72. The third-order valence-corrected chi connectivity index (χ3v) is 3.89. The minimum Gasteiger partial charge on any atom is -0.472 e. The maximum atomic E-state index is 12.2. The third-order valence-electron chi connectivity index (χ3n) is 3.11. The molecule has 0 bridgehead atoms. The molecule has 1 aliphatic rings. The van der Waals surface area contributed by atoms with Gasteiger partial charge in [-0.3, -0.25) is 4.79 Å². The van der Waals surface area contributed by atoms with Crippen molar-refractivity contribution >= 4 is 17.2 Å². The predicted octanol–water partition coefficient (Wildman–Crippen LogP) is 1.54. The normalized spacial score (nSPS) is 18.2. The van der Waals surface area contributed by atoms with Gasteiger partial charge in [-0.1, -0.05) is 0 Å². The van der Waals surface area contributed by atoms with Crippen LogP contribution < -0.4 is 4.74 Å². The van der Waals surface area contributed by atoms with Gasteiger partial charge in [-0.05, 0) is 6.92 Å². The van der Waals surface area contributed by atoms with Gasteiger partial charge in [0.1, 0.15) is 18.1 Å². The van der Waals surface area contributed by atoms with Crippen LogP contribution in [0.2, 0.25) is 0 Å². The quantitative estimate of drug-likeness (QED) is 0.857. The molecular formula is C13H14N4O2S. The first-order valence-corrected chi connectivity index (χ1v) is 7.24. The van der Waals surface area contributed by atoms with E-state index in [0.29, 0.717) is 24.7 Å². The number of nitrogens with zero attached hydrogens (tertiary/aromatic N) is 4. The lowest BCUT2D eigenvalue weighted by molar-refractivity contribution is 0.0766. The molecule has 1 aliphatic heterocycles.